The van der Waals surface area contributed by atoms with Gasteiger partial charge in [0.1, 0.15) is 12.3 Å². The lowest BCUT2D eigenvalue weighted by Crippen LogP contribution is -2.30. The number of imide groups is 1. The average molecular weight is 640 g/mol. The molecule has 3 amide bonds. The molecule has 1 saturated heterocycles. The minimum absolute atomic E-state index is 0.154. The van der Waals surface area contributed by atoms with E-state index in [2.05, 4.69) is 43.8 Å². The van der Waals surface area contributed by atoms with Gasteiger partial charge in [-0.3, -0.25) is 4.79 Å². The second kappa shape index (κ2) is 10.1. The molecular formula is C24H17BrClIN2O4. The molecule has 33 heavy (non-hydrogen) atoms. The van der Waals surface area contributed by atoms with E-state index in [1.807, 2.05) is 30.3 Å². The Morgan fingerprint density at radius 1 is 1.12 bits per heavy atom. The topological polar surface area (TPSA) is 67.9 Å². The zero-order valence-electron chi connectivity index (χ0n) is 17.3. The molecule has 0 bridgehead atoms. The molecular weight excluding hydrogens is 623 g/mol. The molecule has 0 unspecified atom stereocenters. The Kier molecular flexibility index (Phi) is 7.26. The number of halogens is 3. The highest BCUT2D eigenvalue weighted by Gasteiger charge is 2.35. The highest BCUT2D eigenvalue weighted by Crippen LogP contribution is 2.35. The first-order valence-electron chi connectivity index (χ1n) is 9.73. The molecule has 0 radical (unpaired) electrons. The van der Waals surface area contributed by atoms with Crippen LogP contribution in [-0.4, -0.2) is 19.0 Å². The fourth-order valence-electron chi connectivity index (χ4n) is 3.25. The van der Waals surface area contributed by atoms with Crippen LogP contribution < -0.4 is 19.7 Å². The number of urea groups is 1. The summed E-state index contributed by atoms with van der Waals surface area (Å²) in [4.78, 5) is 26.4. The lowest BCUT2D eigenvalue weighted by atomic mass is 10.1. The zero-order chi connectivity index (χ0) is 23.5. The van der Waals surface area contributed by atoms with Crippen LogP contribution in [0.4, 0.5) is 10.5 Å². The lowest BCUT2D eigenvalue weighted by Gasteiger charge is -2.14. The van der Waals surface area contributed by atoms with Crippen molar-refractivity contribution in [3.8, 4) is 11.5 Å². The van der Waals surface area contributed by atoms with Crippen molar-refractivity contribution in [2.24, 2.45) is 0 Å². The van der Waals surface area contributed by atoms with Crippen molar-refractivity contribution >= 4 is 73.8 Å². The van der Waals surface area contributed by atoms with Crippen LogP contribution in [0.1, 0.15) is 11.1 Å². The molecule has 1 fully saturated rings. The third kappa shape index (κ3) is 5.34. The molecule has 168 valence electrons. The van der Waals surface area contributed by atoms with E-state index in [1.165, 1.54) is 0 Å². The van der Waals surface area contributed by atoms with Gasteiger partial charge >= 0.3 is 6.03 Å². The van der Waals surface area contributed by atoms with Crippen LogP contribution in [0.2, 0.25) is 5.02 Å². The summed E-state index contributed by atoms with van der Waals surface area (Å²) >= 11 is 11.6. The number of nitrogens with one attached hydrogen (secondary N) is 1. The van der Waals surface area contributed by atoms with Crippen molar-refractivity contribution in [3.05, 3.63) is 90.6 Å². The van der Waals surface area contributed by atoms with Gasteiger partial charge in [-0.1, -0.05) is 45.7 Å². The Morgan fingerprint density at radius 3 is 2.58 bits per heavy atom. The summed E-state index contributed by atoms with van der Waals surface area (Å²) in [7, 11) is 1.55. The van der Waals surface area contributed by atoms with Crippen molar-refractivity contribution in [1.29, 1.82) is 0 Å². The van der Waals surface area contributed by atoms with Crippen LogP contribution in [0.3, 0.4) is 0 Å². The normalized spacial score (nSPS) is 14.5. The molecule has 4 rings (SSSR count). The smallest absolute Gasteiger partial charge is 0.333 e. The van der Waals surface area contributed by atoms with Gasteiger partial charge < -0.3 is 14.8 Å². The summed E-state index contributed by atoms with van der Waals surface area (Å²) in [5.74, 6) is 0.659. The number of methoxy groups -OCH3 is 1. The largest absolute Gasteiger partial charge is 0.493 e. The Morgan fingerprint density at radius 2 is 1.88 bits per heavy atom. The minimum atomic E-state index is -0.537. The van der Waals surface area contributed by atoms with Crippen LogP contribution in [0.15, 0.2) is 70.8 Å². The summed E-state index contributed by atoms with van der Waals surface area (Å²) in [6.07, 6.45) is 1.61. The quantitative estimate of drug-likeness (QED) is 0.193. The minimum Gasteiger partial charge on any atom is -0.493 e. The standard InChI is InChI=1S/C24H17BrClIN2O4/c1-32-21-11-15(9-19(27)22(21)33-13-14-5-7-16(25)8-6-14)10-20-23(30)29(24(31)28-20)18-4-2-3-17(26)12-18/h2-12H,13H2,1H3,(H,28,31)/b20-10+. The first kappa shape index (κ1) is 23.6. The molecule has 1 aliphatic rings. The van der Waals surface area contributed by atoms with E-state index in [0.29, 0.717) is 34.4 Å². The Balaban J connectivity index is 1.58. The van der Waals surface area contributed by atoms with Gasteiger partial charge in [0.25, 0.3) is 5.91 Å². The third-order valence-electron chi connectivity index (χ3n) is 4.80. The number of carbonyl (C=O) groups excluding carboxylic acids is 2. The van der Waals surface area contributed by atoms with E-state index >= 15 is 0 Å². The fraction of sp³-hybridized carbons (Fsp3) is 0.0833. The summed E-state index contributed by atoms with van der Waals surface area (Å²) in [5.41, 5.74) is 2.25. The third-order valence-corrected chi connectivity index (χ3v) is 6.37. The van der Waals surface area contributed by atoms with Gasteiger partial charge in [-0.05, 0) is 82.3 Å². The summed E-state index contributed by atoms with van der Waals surface area (Å²) in [5, 5.41) is 3.05. The maximum atomic E-state index is 12.9. The summed E-state index contributed by atoms with van der Waals surface area (Å²) < 4.78 is 13.3. The second-order valence-corrected chi connectivity index (χ2v) is 9.57. The predicted molar refractivity (Wildman–Crippen MR) is 140 cm³/mol. The van der Waals surface area contributed by atoms with Crippen molar-refractivity contribution in [2.75, 3.05) is 12.0 Å². The molecule has 0 saturated carbocycles. The summed E-state index contributed by atoms with van der Waals surface area (Å²) in [6, 6.07) is 17.5. The van der Waals surface area contributed by atoms with Crippen molar-refractivity contribution in [2.45, 2.75) is 6.61 Å². The number of ether oxygens (including phenoxy) is 2. The van der Waals surface area contributed by atoms with Crippen molar-refractivity contribution < 1.29 is 19.1 Å². The first-order chi connectivity index (χ1) is 15.9. The van der Waals surface area contributed by atoms with E-state index < -0.39 is 11.9 Å². The molecule has 1 N–H and O–H groups in total. The van der Waals surface area contributed by atoms with E-state index in [1.54, 1.807) is 43.5 Å². The van der Waals surface area contributed by atoms with Gasteiger partial charge in [0, 0.05) is 9.50 Å². The number of hydrogen-bond donors (Lipinski definition) is 1. The van der Waals surface area contributed by atoms with E-state index in [-0.39, 0.29) is 5.70 Å². The van der Waals surface area contributed by atoms with Crippen molar-refractivity contribution in [3.63, 3.8) is 0 Å². The van der Waals surface area contributed by atoms with Crippen LogP contribution in [0, 0.1) is 3.57 Å². The molecule has 0 aromatic heterocycles. The molecule has 1 heterocycles. The van der Waals surface area contributed by atoms with E-state index in [0.717, 1.165) is 18.5 Å². The number of benzene rings is 3. The van der Waals surface area contributed by atoms with Crippen LogP contribution in [-0.2, 0) is 11.4 Å². The maximum Gasteiger partial charge on any atom is 0.333 e. The monoisotopic (exact) mass is 638 g/mol. The van der Waals surface area contributed by atoms with Gasteiger partial charge in [0.15, 0.2) is 11.5 Å². The molecule has 9 heteroatoms. The van der Waals surface area contributed by atoms with Gasteiger partial charge in [-0.2, -0.15) is 0 Å². The van der Waals surface area contributed by atoms with Gasteiger partial charge in [-0.25, -0.2) is 9.69 Å². The van der Waals surface area contributed by atoms with Crippen LogP contribution >= 0.6 is 50.1 Å². The van der Waals surface area contributed by atoms with Gasteiger partial charge in [-0.15, -0.1) is 0 Å². The molecule has 0 atom stereocenters. The van der Waals surface area contributed by atoms with E-state index in [4.69, 9.17) is 21.1 Å². The first-order valence-corrected chi connectivity index (χ1v) is 12.0. The lowest BCUT2D eigenvalue weighted by molar-refractivity contribution is -0.113. The fourth-order valence-corrected chi connectivity index (χ4v) is 4.48. The molecule has 0 aliphatic carbocycles. The summed E-state index contributed by atoms with van der Waals surface area (Å²) in [6.45, 7) is 0.378. The number of carbonyl (C=O) groups is 2. The number of hydrogen-bond acceptors (Lipinski definition) is 4. The Labute approximate surface area is 217 Å². The Hall–Kier alpha value is -2.56. The molecule has 6 nitrogen and oxygen atoms in total. The molecule has 0 spiro atoms. The SMILES string of the molecule is COc1cc(/C=C2/NC(=O)N(c3cccc(Cl)c3)C2=O)cc(I)c1OCc1ccc(Br)cc1. The second-order valence-electron chi connectivity index (χ2n) is 7.06. The van der Waals surface area contributed by atoms with Gasteiger partial charge in [0.05, 0.1) is 16.4 Å². The number of amides is 3. The number of anilines is 1. The predicted octanol–water partition coefficient (Wildman–Crippen LogP) is 6.39. The van der Waals surface area contributed by atoms with E-state index in [9.17, 15) is 9.59 Å². The number of rotatable bonds is 6. The highest BCUT2D eigenvalue weighted by molar-refractivity contribution is 14.1. The Bertz CT molecular complexity index is 1260. The van der Waals surface area contributed by atoms with Crippen LogP contribution in [0.5, 0.6) is 11.5 Å². The van der Waals surface area contributed by atoms with Crippen LogP contribution in [0.25, 0.3) is 6.08 Å². The van der Waals surface area contributed by atoms with Crippen molar-refractivity contribution in [1.82, 2.24) is 5.32 Å². The zero-order valence-corrected chi connectivity index (χ0v) is 21.8. The molecule has 3 aromatic carbocycles. The molecule has 1 aliphatic heterocycles. The van der Waals surface area contributed by atoms with Gasteiger partial charge in [0.2, 0.25) is 0 Å². The maximum absolute atomic E-state index is 12.9. The highest BCUT2D eigenvalue weighted by atomic mass is 127. The molecule has 3 aromatic rings. The number of nitrogens with zero attached hydrogens (tertiary/aromatic N) is 1. The average Bonchev–Trinajstić information content (AvgIpc) is 3.06.